The molecule has 5 heteroatoms. The van der Waals surface area contributed by atoms with Crippen molar-refractivity contribution in [3.8, 4) is 22.7 Å². The fourth-order valence-corrected chi connectivity index (χ4v) is 2.25. The lowest BCUT2D eigenvalue weighted by molar-refractivity contribution is 0.414. The molecule has 0 aliphatic heterocycles. The summed E-state index contributed by atoms with van der Waals surface area (Å²) in [5.41, 5.74) is 3.68. The highest BCUT2D eigenvalue weighted by Crippen LogP contribution is 2.28. The Kier molecular flexibility index (Phi) is 3.87. The molecule has 0 unspecified atom stereocenters. The molecule has 22 heavy (non-hydrogen) atoms. The molecule has 112 valence electrons. The second-order valence-corrected chi connectivity index (χ2v) is 5.33. The zero-order valence-electron chi connectivity index (χ0n) is 12.9. The highest BCUT2D eigenvalue weighted by molar-refractivity contribution is 5.71. The van der Waals surface area contributed by atoms with E-state index in [1.165, 1.54) is 0 Å². The lowest BCUT2D eigenvalue weighted by atomic mass is 10.1. The first kappa shape index (κ1) is 14.3. The molecule has 0 fully saturated rings. The molecule has 0 saturated carbocycles. The Labute approximate surface area is 129 Å². The third-order valence-electron chi connectivity index (χ3n) is 3.51. The summed E-state index contributed by atoms with van der Waals surface area (Å²) in [5, 5.41) is 13.0. The third-order valence-corrected chi connectivity index (χ3v) is 3.51. The van der Waals surface area contributed by atoms with Crippen LogP contribution < -0.4 is 4.74 Å². The topological polar surface area (TPSA) is 52.8 Å². The maximum Gasteiger partial charge on any atom is 0.121 e. The molecule has 0 aliphatic rings. The van der Waals surface area contributed by atoms with Crippen LogP contribution >= 0.6 is 0 Å². The van der Waals surface area contributed by atoms with Crippen LogP contribution in [0.15, 0.2) is 48.8 Å². The summed E-state index contributed by atoms with van der Waals surface area (Å²) in [6.07, 6.45) is 3.64. The molecule has 3 rings (SSSR count). The summed E-state index contributed by atoms with van der Waals surface area (Å²) in [7, 11) is 1.65. The van der Waals surface area contributed by atoms with E-state index in [0.29, 0.717) is 5.92 Å². The molecule has 0 amide bonds. The number of rotatable bonds is 4. The number of methoxy groups -OCH3 is 1. The van der Waals surface area contributed by atoms with Gasteiger partial charge in [-0.15, -0.1) is 0 Å². The molecule has 1 aromatic carbocycles. The van der Waals surface area contributed by atoms with Crippen molar-refractivity contribution in [2.24, 2.45) is 0 Å². The minimum absolute atomic E-state index is 0.364. The molecule has 0 radical (unpaired) electrons. The van der Waals surface area contributed by atoms with Gasteiger partial charge in [-0.2, -0.15) is 15.3 Å². The predicted octanol–water partition coefficient (Wildman–Crippen LogP) is 3.46. The van der Waals surface area contributed by atoms with E-state index in [4.69, 9.17) is 4.74 Å². The fraction of sp³-hybridized carbons (Fsp3) is 0.235. The van der Waals surface area contributed by atoms with Crippen LogP contribution in [0.2, 0.25) is 0 Å². The average Bonchev–Trinajstić information content (AvgIpc) is 3.08. The van der Waals surface area contributed by atoms with Crippen molar-refractivity contribution in [2.45, 2.75) is 19.8 Å². The Hall–Kier alpha value is -2.69. The fourth-order valence-electron chi connectivity index (χ4n) is 2.25. The molecule has 2 aromatic heterocycles. The zero-order chi connectivity index (χ0) is 15.5. The Morgan fingerprint density at radius 2 is 1.95 bits per heavy atom. The van der Waals surface area contributed by atoms with Gasteiger partial charge in [-0.25, -0.2) is 4.68 Å². The average molecular weight is 294 g/mol. The minimum atomic E-state index is 0.364. The molecular weight excluding hydrogens is 276 g/mol. The minimum Gasteiger partial charge on any atom is -0.497 e. The van der Waals surface area contributed by atoms with Gasteiger partial charge >= 0.3 is 0 Å². The van der Waals surface area contributed by atoms with Gasteiger partial charge in [0.1, 0.15) is 5.75 Å². The number of ether oxygens (including phenoxy) is 1. The Morgan fingerprint density at radius 3 is 2.55 bits per heavy atom. The van der Waals surface area contributed by atoms with Crippen LogP contribution in [0.25, 0.3) is 16.9 Å². The van der Waals surface area contributed by atoms with E-state index >= 15 is 0 Å². The molecule has 0 atom stereocenters. The molecule has 2 heterocycles. The van der Waals surface area contributed by atoms with Gasteiger partial charge in [0.2, 0.25) is 0 Å². The van der Waals surface area contributed by atoms with Crippen molar-refractivity contribution in [3.05, 3.63) is 54.5 Å². The van der Waals surface area contributed by atoms with E-state index in [2.05, 4.69) is 29.1 Å². The molecule has 0 saturated heterocycles. The summed E-state index contributed by atoms with van der Waals surface area (Å²) >= 11 is 0. The number of aromatic nitrogens is 4. The van der Waals surface area contributed by atoms with Gasteiger partial charge in [0, 0.05) is 24.0 Å². The van der Waals surface area contributed by atoms with Crippen LogP contribution in [-0.2, 0) is 0 Å². The SMILES string of the molecule is COc1ccc(-c2ccc(C(C)C)nn2)c(-n2cccn2)c1. The molecule has 0 bridgehead atoms. The van der Waals surface area contributed by atoms with Crippen molar-refractivity contribution in [1.82, 2.24) is 20.0 Å². The third kappa shape index (κ3) is 2.70. The van der Waals surface area contributed by atoms with Gasteiger partial charge in [0.25, 0.3) is 0 Å². The molecule has 0 aliphatic carbocycles. The molecule has 0 N–H and O–H groups in total. The van der Waals surface area contributed by atoms with Crippen LogP contribution in [0.1, 0.15) is 25.5 Å². The second kappa shape index (κ2) is 5.97. The Bertz CT molecular complexity index is 749. The van der Waals surface area contributed by atoms with Crippen molar-refractivity contribution in [1.29, 1.82) is 0 Å². The summed E-state index contributed by atoms with van der Waals surface area (Å²) in [6, 6.07) is 11.7. The van der Waals surface area contributed by atoms with E-state index in [1.807, 2.05) is 42.6 Å². The van der Waals surface area contributed by atoms with Gasteiger partial charge in [-0.05, 0) is 36.2 Å². The maximum atomic E-state index is 5.32. The normalized spacial score (nSPS) is 10.9. The Morgan fingerprint density at radius 1 is 1.09 bits per heavy atom. The summed E-state index contributed by atoms with van der Waals surface area (Å²) in [6.45, 7) is 4.21. The van der Waals surface area contributed by atoms with Crippen LogP contribution in [0.5, 0.6) is 5.75 Å². The Balaban J connectivity index is 2.10. The predicted molar refractivity (Wildman–Crippen MR) is 85.2 cm³/mol. The van der Waals surface area contributed by atoms with Crippen LogP contribution in [0, 0.1) is 0 Å². The zero-order valence-corrected chi connectivity index (χ0v) is 12.9. The van der Waals surface area contributed by atoms with Gasteiger partial charge < -0.3 is 4.74 Å². The standard InChI is InChI=1S/C17H18N4O/c1-12(2)15-7-8-16(20-19-15)14-6-5-13(22-3)11-17(14)21-10-4-9-18-21/h4-12H,1-3H3. The maximum absolute atomic E-state index is 5.32. The quantitative estimate of drug-likeness (QED) is 0.739. The number of nitrogens with zero attached hydrogens (tertiary/aromatic N) is 4. The lowest BCUT2D eigenvalue weighted by Crippen LogP contribution is -2.01. The van der Waals surface area contributed by atoms with Crippen molar-refractivity contribution < 1.29 is 4.74 Å². The van der Waals surface area contributed by atoms with Crippen molar-refractivity contribution in [2.75, 3.05) is 7.11 Å². The lowest BCUT2D eigenvalue weighted by Gasteiger charge is -2.11. The molecule has 0 spiro atoms. The van der Waals surface area contributed by atoms with E-state index in [0.717, 1.165) is 28.4 Å². The summed E-state index contributed by atoms with van der Waals surface area (Å²) < 4.78 is 7.12. The highest BCUT2D eigenvalue weighted by Gasteiger charge is 2.11. The number of benzene rings is 1. The van der Waals surface area contributed by atoms with Gasteiger partial charge in [0.15, 0.2) is 0 Å². The van der Waals surface area contributed by atoms with Gasteiger partial charge in [-0.3, -0.25) is 0 Å². The first-order chi connectivity index (χ1) is 10.7. The summed E-state index contributed by atoms with van der Waals surface area (Å²) in [4.78, 5) is 0. The van der Waals surface area contributed by atoms with Gasteiger partial charge in [-0.1, -0.05) is 13.8 Å². The van der Waals surface area contributed by atoms with E-state index in [1.54, 1.807) is 18.0 Å². The second-order valence-electron chi connectivity index (χ2n) is 5.33. The van der Waals surface area contributed by atoms with E-state index in [-0.39, 0.29) is 0 Å². The molecule has 5 nitrogen and oxygen atoms in total. The first-order valence-electron chi connectivity index (χ1n) is 7.21. The largest absolute Gasteiger partial charge is 0.497 e. The van der Waals surface area contributed by atoms with Crippen LogP contribution in [0.4, 0.5) is 0 Å². The number of hydrogen-bond donors (Lipinski definition) is 0. The molecule has 3 aromatic rings. The van der Waals surface area contributed by atoms with Crippen molar-refractivity contribution >= 4 is 0 Å². The van der Waals surface area contributed by atoms with Gasteiger partial charge in [0.05, 0.1) is 24.2 Å². The van der Waals surface area contributed by atoms with E-state index in [9.17, 15) is 0 Å². The van der Waals surface area contributed by atoms with Crippen molar-refractivity contribution in [3.63, 3.8) is 0 Å². The number of hydrogen-bond acceptors (Lipinski definition) is 4. The highest BCUT2D eigenvalue weighted by atomic mass is 16.5. The van der Waals surface area contributed by atoms with Crippen LogP contribution in [-0.4, -0.2) is 27.1 Å². The monoisotopic (exact) mass is 294 g/mol. The van der Waals surface area contributed by atoms with E-state index < -0.39 is 0 Å². The van der Waals surface area contributed by atoms with Crippen LogP contribution in [0.3, 0.4) is 0 Å². The summed E-state index contributed by atoms with van der Waals surface area (Å²) in [5.74, 6) is 1.14. The molecular formula is C17H18N4O. The first-order valence-corrected chi connectivity index (χ1v) is 7.21. The smallest absolute Gasteiger partial charge is 0.121 e.